The molecule has 0 bridgehead atoms. The van der Waals surface area contributed by atoms with Gasteiger partial charge in [0, 0.05) is 19.0 Å². The third kappa shape index (κ3) is 4.39. The van der Waals surface area contributed by atoms with E-state index in [1.165, 1.54) is 11.1 Å². The topological polar surface area (TPSA) is 42.7 Å². The molecular weight excluding hydrogens is 260 g/mol. The van der Waals surface area contributed by atoms with E-state index < -0.39 is 0 Å². The number of likely N-dealkylation sites (N-methyl/N-ethyl adjacent to an activating group) is 1. The van der Waals surface area contributed by atoms with E-state index in [9.17, 15) is 0 Å². The zero-order valence-corrected chi connectivity index (χ0v) is 13.5. The van der Waals surface area contributed by atoms with Crippen LogP contribution in [0.2, 0.25) is 0 Å². The fraction of sp³-hybridized carbons (Fsp3) is 0.529. The lowest BCUT2D eigenvalue weighted by molar-refractivity contribution is 0.446. The van der Waals surface area contributed by atoms with Crippen LogP contribution in [0.3, 0.4) is 0 Å². The van der Waals surface area contributed by atoms with Crippen LogP contribution in [0.5, 0.6) is 0 Å². The molecule has 4 nitrogen and oxygen atoms in total. The quantitative estimate of drug-likeness (QED) is 0.850. The molecule has 114 valence electrons. The molecule has 0 saturated heterocycles. The highest BCUT2D eigenvalue weighted by molar-refractivity contribution is 5.24. The van der Waals surface area contributed by atoms with Gasteiger partial charge in [-0.15, -0.1) is 0 Å². The van der Waals surface area contributed by atoms with E-state index in [2.05, 4.69) is 67.4 Å². The van der Waals surface area contributed by atoms with Gasteiger partial charge < -0.3 is 5.32 Å². The Kier molecular flexibility index (Phi) is 5.51. The second-order valence-electron chi connectivity index (χ2n) is 5.98. The molecule has 21 heavy (non-hydrogen) atoms. The molecule has 1 heterocycles. The maximum atomic E-state index is 4.45. The average molecular weight is 286 g/mol. The van der Waals surface area contributed by atoms with Crippen LogP contribution in [-0.4, -0.2) is 21.3 Å². The van der Waals surface area contributed by atoms with E-state index in [0.29, 0.717) is 5.92 Å². The summed E-state index contributed by atoms with van der Waals surface area (Å²) in [7, 11) is 0. The SMILES string of the molecule is CCNC(Cc1ncnn1CC(C)C)c1ccc(C)cc1. The molecule has 0 radical (unpaired) electrons. The number of rotatable bonds is 7. The van der Waals surface area contributed by atoms with Gasteiger partial charge >= 0.3 is 0 Å². The lowest BCUT2D eigenvalue weighted by Crippen LogP contribution is -2.25. The minimum atomic E-state index is 0.283. The largest absolute Gasteiger partial charge is 0.310 e. The van der Waals surface area contributed by atoms with Crippen molar-refractivity contribution in [1.29, 1.82) is 0 Å². The predicted octanol–water partition coefficient (Wildman–Crippen LogP) is 3.14. The zero-order valence-electron chi connectivity index (χ0n) is 13.5. The summed E-state index contributed by atoms with van der Waals surface area (Å²) in [6.45, 7) is 10.5. The smallest absolute Gasteiger partial charge is 0.138 e. The first kappa shape index (κ1) is 15.7. The van der Waals surface area contributed by atoms with E-state index in [1.807, 2.05) is 4.68 Å². The third-order valence-electron chi connectivity index (χ3n) is 3.55. The van der Waals surface area contributed by atoms with E-state index >= 15 is 0 Å². The molecule has 1 N–H and O–H groups in total. The second-order valence-corrected chi connectivity index (χ2v) is 5.98. The number of nitrogens with one attached hydrogen (secondary N) is 1. The molecule has 1 aromatic heterocycles. The Balaban J connectivity index is 2.16. The first-order chi connectivity index (χ1) is 10.1. The van der Waals surface area contributed by atoms with Crippen molar-refractivity contribution in [3.8, 4) is 0 Å². The molecule has 0 fully saturated rings. The van der Waals surface area contributed by atoms with Crippen LogP contribution in [-0.2, 0) is 13.0 Å². The van der Waals surface area contributed by atoms with Crippen molar-refractivity contribution in [3.05, 3.63) is 47.5 Å². The lowest BCUT2D eigenvalue weighted by Gasteiger charge is -2.19. The van der Waals surface area contributed by atoms with Gasteiger partial charge in [-0.05, 0) is 24.9 Å². The Hall–Kier alpha value is -1.68. The third-order valence-corrected chi connectivity index (χ3v) is 3.55. The number of aryl methyl sites for hydroxylation is 1. The molecule has 0 aliphatic heterocycles. The lowest BCUT2D eigenvalue weighted by atomic mass is 10.0. The Labute approximate surface area is 127 Å². The van der Waals surface area contributed by atoms with E-state index in [1.54, 1.807) is 6.33 Å². The van der Waals surface area contributed by atoms with Gasteiger partial charge in [0.05, 0.1) is 0 Å². The van der Waals surface area contributed by atoms with Crippen LogP contribution < -0.4 is 5.32 Å². The summed E-state index contributed by atoms with van der Waals surface area (Å²) in [5, 5.41) is 7.91. The van der Waals surface area contributed by atoms with Gasteiger partial charge in [-0.25, -0.2) is 9.67 Å². The highest BCUT2D eigenvalue weighted by atomic mass is 15.3. The van der Waals surface area contributed by atoms with Gasteiger partial charge in [0.2, 0.25) is 0 Å². The monoisotopic (exact) mass is 286 g/mol. The van der Waals surface area contributed by atoms with E-state index in [-0.39, 0.29) is 6.04 Å². The Morgan fingerprint density at radius 2 is 1.90 bits per heavy atom. The van der Waals surface area contributed by atoms with Crippen molar-refractivity contribution in [2.24, 2.45) is 5.92 Å². The average Bonchev–Trinajstić information content (AvgIpc) is 2.86. The Bertz CT molecular complexity index is 542. The fourth-order valence-electron chi connectivity index (χ4n) is 2.48. The summed E-state index contributed by atoms with van der Waals surface area (Å²) in [5.41, 5.74) is 2.60. The molecule has 0 saturated carbocycles. The number of hydrogen-bond donors (Lipinski definition) is 1. The second kappa shape index (κ2) is 7.36. The molecule has 4 heteroatoms. The van der Waals surface area contributed by atoms with Crippen molar-refractivity contribution < 1.29 is 0 Å². The maximum Gasteiger partial charge on any atom is 0.138 e. The normalized spacial score (nSPS) is 12.8. The van der Waals surface area contributed by atoms with Gasteiger partial charge in [-0.1, -0.05) is 50.6 Å². The zero-order chi connectivity index (χ0) is 15.2. The Morgan fingerprint density at radius 1 is 1.19 bits per heavy atom. The minimum Gasteiger partial charge on any atom is -0.310 e. The number of benzene rings is 1. The molecule has 0 amide bonds. The fourth-order valence-corrected chi connectivity index (χ4v) is 2.48. The first-order valence-electron chi connectivity index (χ1n) is 7.76. The standard InChI is InChI=1S/C17H26N4/c1-5-18-16(15-8-6-14(4)7-9-15)10-17-19-12-20-21(17)11-13(2)3/h6-9,12-13,16,18H,5,10-11H2,1-4H3. The van der Waals surface area contributed by atoms with E-state index in [4.69, 9.17) is 0 Å². The van der Waals surface area contributed by atoms with Gasteiger partial charge in [-0.2, -0.15) is 5.10 Å². The van der Waals surface area contributed by atoms with Gasteiger partial charge in [0.25, 0.3) is 0 Å². The summed E-state index contributed by atoms with van der Waals surface area (Å²) in [6, 6.07) is 9.01. The molecule has 2 rings (SSSR count). The molecule has 1 atom stereocenters. The van der Waals surface area contributed by atoms with Crippen LogP contribution >= 0.6 is 0 Å². The first-order valence-corrected chi connectivity index (χ1v) is 7.76. The highest BCUT2D eigenvalue weighted by Gasteiger charge is 2.15. The number of aromatic nitrogens is 3. The Morgan fingerprint density at radius 3 is 2.52 bits per heavy atom. The van der Waals surface area contributed by atoms with Gasteiger partial charge in [0.1, 0.15) is 12.2 Å². The van der Waals surface area contributed by atoms with Crippen molar-refractivity contribution in [1.82, 2.24) is 20.1 Å². The molecular formula is C17H26N4. The van der Waals surface area contributed by atoms with Crippen LogP contribution in [0.25, 0.3) is 0 Å². The molecule has 0 aliphatic carbocycles. The van der Waals surface area contributed by atoms with Crippen LogP contribution in [0.15, 0.2) is 30.6 Å². The number of hydrogen-bond acceptors (Lipinski definition) is 3. The van der Waals surface area contributed by atoms with Crippen molar-refractivity contribution in [2.45, 2.75) is 46.7 Å². The van der Waals surface area contributed by atoms with Crippen molar-refractivity contribution in [2.75, 3.05) is 6.54 Å². The summed E-state index contributed by atoms with van der Waals surface area (Å²) >= 11 is 0. The minimum absolute atomic E-state index is 0.283. The van der Waals surface area contributed by atoms with Crippen LogP contribution in [0, 0.1) is 12.8 Å². The maximum absolute atomic E-state index is 4.45. The van der Waals surface area contributed by atoms with Crippen LogP contribution in [0.4, 0.5) is 0 Å². The van der Waals surface area contributed by atoms with Gasteiger partial charge in [-0.3, -0.25) is 0 Å². The van der Waals surface area contributed by atoms with Gasteiger partial charge in [0.15, 0.2) is 0 Å². The summed E-state index contributed by atoms with van der Waals surface area (Å²) in [4.78, 5) is 4.45. The predicted molar refractivity (Wildman–Crippen MR) is 86.2 cm³/mol. The van der Waals surface area contributed by atoms with E-state index in [0.717, 1.165) is 25.3 Å². The highest BCUT2D eigenvalue weighted by Crippen LogP contribution is 2.18. The summed E-state index contributed by atoms with van der Waals surface area (Å²) in [6.07, 6.45) is 2.53. The molecule has 0 spiro atoms. The van der Waals surface area contributed by atoms with Crippen molar-refractivity contribution in [3.63, 3.8) is 0 Å². The molecule has 1 unspecified atom stereocenters. The summed E-state index contributed by atoms with van der Waals surface area (Å²) < 4.78 is 2.03. The number of nitrogens with zero attached hydrogens (tertiary/aromatic N) is 3. The molecule has 1 aromatic carbocycles. The molecule has 0 aliphatic rings. The van der Waals surface area contributed by atoms with Crippen molar-refractivity contribution >= 4 is 0 Å². The summed E-state index contributed by atoms with van der Waals surface area (Å²) in [5.74, 6) is 1.62. The van der Waals surface area contributed by atoms with Crippen LogP contribution in [0.1, 0.15) is 43.8 Å². The molecule has 2 aromatic rings.